The van der Waals surface area contributed by atoms with Gasteiger partial charge < -0.3 is 0 Å². The number of non-ortho nitro benzene ring substituents is 1. The molecule has 0 aliphatic carbocycles. The molecule has 84 valence electrons. The van der Waals surface area contributed by atoms with Gasteiger partial charge in [-0.25, -0.2) is 0 Å². The summed E-state index contributed by atoms with van der Waals surface area (Å²) >= 11 is 1.22. The first kappa shape index (κ1) is 12.4. The van der Waals surface area contributed by atoms with E-state index in [1.807, 2.05) is 6.92 Å². The number of nitro groups is 1. The fourth-order valence-corrected chi connectivity index (χ4v) is 1.51. The molecule has 0 unspecified atom stereocenters. The summed E-state index contributed by atoms with van der Waals surface area (Å²) in [6.45, 7) is 1.91. The highest BCUT2D eigenvalue weighted by atomic mass is 32.2. The van der Waals surface area contributed by atoms with E-state index in [0.29, 0.717) is 0 Å². The molecule has 0 atom stereocenters. The summed E-state index contributed by atoms with van der Waals surface area (Å²) in [6.07, 6.45) is 3.12. The third kappa shape index (κ3) is 3.86. The summed E-state index contributed by atoms with van der Waals surface area (Å²) in [7, 11) is 0. The van der Waals surface area contributed by atoms with Crippen LogP contribution in [0, 0.1) is 10.1 Å². The van der Waals surface area contributed by atoms with E-state index in [9.17, 15) is 14.9 Å². The van der Waals surface area contributed by atoms with Crippen molar-refractivity contribution in [3.63, 3.8) is 0 Å². The van der Waals surface area contributed by atoms with Crippen LogP contribution in [0.5, 0.6) is 0 Å². The van der Waals surface area contributed by atoms with Gasteiger partial charge in [-0.2, -0.15) is 0 Å². The molecule has 0 fully saturated rings. The lowest BCUT2D eigenvalue weighted by Crippen LogP contribution is -1.87. The molecule has 0 aliphatic heterocycles. The highest BCUT2D eigenvalue weighted by molar-refractivity contribution is 8.14. The Labute approximate surface area is 97.5 Å². The molecular weight excluding hydrogens is 226 g/mol. The molecular formula is C11H11NO3S. The van der Waals surface area contributed by atoms with Gasteiger partial charge in [-0.1, -0.05) is 24.8 Å². The maximum Gasteiger partial charge on any atom is 0.269 e. The Kier molecular flexibility index (Phi) is 4.72. The molecule has 0 bridgehead atoms. The van der Waals surface area contributed by atoms with Gasteiger partial charge in [-0.05, 0) is 29.5 Å². The third-order valence-electron chi connectivity index (χ3n) is 1.80. The third-order valence-corrected chi connectivity index (χ3v) is 2.51. The van der Waals surface area contributed by atoms with E-state index < -0.39 is 4.92 Å². The van der Waals surface area contributed by atoms with Gasteiger partial charge in [0.2, 0.25) is 5.12 Å². The van der Waals surface area contributed by atoms with Crippen molar-refractivity contribution in [2.24, 2.45) is 0 Å². The number of benzene rings is 1. The lowest BCUT2D eigenvalue weighted by atomic mass is 10.2. The summed E-state index contributed by atoms with van der Waals surface area (Å²) < 4.78 is 0. The summed E-state index contributed by atoms with van der Waals surface area (Å²) in [5.74, 6) is 0.740. The van der Waals surface area contributed by atoms with Crippen molar-refractivity contribution in [1.29, 1.82) is 0 Å². The molecule has 0 aromatic heterocycles. The Morgan fingerprint density at radius 3 is 2.56 bits per heavy atom. The van der Waals surface area contributed by atoms with Crippen LogP contribution >= 0.6 is 11.8 Å². The van der Waals surface area contributed by atoms with Crippen molar-refractivity contribution in [3.8, 4) is 0 Å². The van der Waals surface area contributed by atoms with Crippen molar-refractivity contribution >= 4 is 28.6 Å². The number of carbonyl (C=O) groups is 1. The summed E-state index contributed by atoms with van der Waals surface area (Å²) in [5.41, 5.74) is 0.821. The van der Waals surface area contributed by atoms with E-state index in [2.05, 4.69) is 0 Å². The average Bonchev–Trinajstić information content (AvgIpc) is 2.27. The van der Waals surface area contributed by atoms with Crippen molar-refractivity contribution < 1.29 is 9.72 Å². The Morgan fingerprint density at radius 1 is 1.44 bits per heavy atom. The van der Waals surface area contributed by atoms with E-state index >= 15 is 0 Å². The minimum Gasteiger partial charge on any atom is -0.282 e. The molecule has 1 rings (SSSR count). The normalized spacial score (nSPS) is 10.6. The molecule has 5 heteroatoms. The molecule has 0 saturated carbocycles. The standard InChI is InChI=1S/C11H11NO3S/c1-2-16-11(13)8-5-9-3-6-10(7-4-9)12(14)15/h3-8H,2H2,1H3/b8-5+. The zero-order valence-electron chi connectivity index (χ0n) is 8.75. The van der Waals surface area contributed by atoms with Crippen LogP contribution in [-0.2, 0) is 4.79 Å². The topological polar surface area (TPSA) is 60.2 Å². The van der Waals surface area contributed by atoms with Gasteiger partial charge in [0.15, 0.2) is 0 Å². The minimum absolute atomic E-state index is 0.0131. The highest BCUT2D eigenvalue weighted by Gasteiger charge is 2.02. The van der Waals surface area contributed by atoms with Gasteiger partial charge in [-0.15, -0.1) is 0 Å². The second kappa shape index (κ2) is 6.07. The molecule has 0 amide bonds. The quantitative estimate of drug-likeness (QED) is 0.459. The molecule has 0 radical (unpaired) electrons. The first-order valence-corrected chi connectivity index (χ1v) is 5.71. The van der Waals surface area contributed by atoms with Crippen molar-refractivity contribution in [2.45, 2.75) is 6.92 Å². The van der Waals surface area contributed by atoms with Crippen LogP contribution in [0.25, 0.3) is 6.08 Å². The predicted molar refractivity (Wildman–Crippen MR) is 65.3 cm³/mol. The van der Waals surface area contributed by atoms with Gasteiger partial charge >= 0.3 is 0 Å². The second-order valence-electron chi connectivity index (χ2n) is 2.93. The van der Waals surface area contributed by atoms with Gasteiger partial charge in [0, 0.05) is 12.1 Å². The smallest absolute Gasteiger partial charge is 0.269 e. The average molecular weight is 237 g/mol. The first-order valence-electron chi connectivity index (χ1n) is 4.72. The Morgan fingerprint density at radius 2 is 2.06 bits per heavy atom. The van der Waals surface area contributed by atoms with Crippen LogP contribution in [0.15, 0.2) is 30.3 Å². The maximum absolute atomic E-state index is 11.2. The van der Waals surface area contributed by atoms with E-state index in [1.54, 1.807) is 18.2 Å². The molecule has 0 aliphatic rings. The van der Waals surface area contributed by atoms with E-state index in [-0.39, 0.29) is 10.8 Å². The van der Waals surface area contributed by atoms with Crippen LogP contribution in [-0.4, -0.2) is 15.8 Å². The van der Waals surface area contributed by atoms with Gasteiger partial charge in [0.25, 0.3) is 5.69 Å². The van der Waals surface area contributed by atoms with E-state index in [1.165, 1.54) is 30.0 Å². The van der Waals surface area contributed by atoms with E-state index in [4.69, 9.17) is 0 Å². The SMILES string of the molecule is CCSC(=O)/C=C/c1ccc([N+](=O)[O-])cc1. The van der Waals surface area contributed by atoms with Crippen molar-refractivity contribution in [2.75, 3.05) is 5.75 Å². The molecule has 1 aromatic rings. The number of hydrogen-bond acceptors (Lipinski definition) is 4. The summed E-state index contributed by atoms with van der Waals surface area (Å²) in [5, 5.41) is 10.4. The predicted octanol–water partition coefficient (Wildman–Crippen LogP) is 2.89. The van der Waals surface area contributed by atoms with Gasteiger partial charge in [-0.3, -0.25) is 14.9 Å². The highest BCUT2D eigenvalue weighted by Crippen LogP contribution is 2.13. The Hall–Kier alpha value is -1.62. The maximum atomic E-state index is 11.2. The monoisotopic (exact) mass is 237 g/mol. The molecule has 0 heterocycles. The van der Waals surface area contributed by atoms with Crippen LogP contribution in [0.2, 0.25) is 0 Å². The zero-order valence-corrected chi connectivity index (χ0v) is 9.57. The van der Waals surface area contributed by atoms with Crippen molar-refractivity contribution in [1.82, 2.24) is 0 Å². The first-order chi connectivity index (χ1) is 7.63. The van der Waals surface area contributed by atoms with Crippen LogP contribution < -0.4 is 0 Å². The zero-order chi connectivity index (χ0) is 12.0. The fraction of sp³-hybridized carbons (Fsp3) is 0.182. The Bertz CT molecular complexity index is 412. The van der Waals surface area contributed by atoms with Crippen LogP contribution in [0.1, 0.15) is 12.5 Å². The van der Waals surface area contributed by atoms with Crippen LogP contribution in [0.3, 0.4) is 0 Å². The molecule has 0 N–H and O–H groups in total. The number of carbonyl (C=O) groups excluding carboxylic acids is 1. The number of rotatable bonds is 4. The fourth-order valence-electron chi connectivity index (χ4n) is 1.06. The molecule has 4 nitrogen and oxygen atoms in total. The molecule has 0 spiro atoms. The lowest BCUT2D eigenvalue weighted by Gasteiger charge is -1.93. The number of nitro benzene ring substituents is 1. The second-order valence-corrected chi connectivity index (χ2v) is 4.20. The molecule has 16 heavy (non-hydrogen) atoms. The number of thioether (sulfide) groups is 1. The van der Waals surface area contributed by atoms with Gasteiger partial charge in [0.05, 0.1) is 4.92 Å². The number of nitrogens with zero attached hydrogens (tertiary/aromatic N) is 1. The number of hydrogen-bond donors (Lipinski definition) is 0. The van der Waals surface area contributed by atoms with E-state index in [0.717, 1.165) is 11.3 Å². The Balaban J connectivity index is 2.68. The molecule has 0 saturated heterocycles. The molecule has 1 aromatic carbocycles. The van der Waals surface area contributed by atoms with Gasteiger partial charge in [0.1, 0.15) is 0 Å². The minimum atomic E-state index is -0.453. The summed E-state index contributed by atoms with van der Waals surface area (Å²) in [6, 6.07) is 6.05. The largest absolute Gasteiger partial charge is 0.282 e. The summed E-state index contributed by atoms with van der Waals surface area (Å²) in [4.78, 5) is 21.1. The van der Waals surface area contributed by atoms with Crippen LogP contribution in [0.4, 0.5) is 5.69 Å². The van der Waals surface area contributed by atoms with Crippen molar-refractivity contribution in [3.05, 3.63) is 46.0 Å². The lowest BCUT2D eigenvalue weighted by molar-refractivity contribution is -0.384.